The number of fused-ring (bicyclic) bond motifs is 1. The Morgan fingerprint density at radius 2 is 1.06 bits per heavy atom. The zero-order valence-corrected chi connectivity index (χ0v) is 26.7. The first-order chi connectivity index (χ1) is 16.5. The standard InChI is InChI=1S/C30H48O3S.K/c1-3-5-7-9-11-13-15-17-20-26-22-19-23-27-24-25-28(30(29(26)27)34(31,32)33)21-18-16-14-12-10-8-6-4-2;/h19,22-25H,3-18,20-21H2,1-2H3,(H,31,32,33);/q;+1/p-1. The van der Waals surface area contributed by atoms with Crippen molar-refractivity contribution in [3.05, 3.63) is 41.5 Å². The Labute approximate surface area is 258 Å². The molecular weight excluding hydrogens is 479 g/mol. The Morgan fingerprint density at radius 3 is 1.54 bits per heavy atom. The van der Waals surface area contributed by atoms with Crippen LogP contribution in [0.2, 0.25) is 0 Å². The first-order valence-corrected chi connectivity index (χ1v) is 15.4. The zero-order chi connectivity index (χ0) is 24.7. The molecule has 2 aromatic rings. The van der Waals surface area contributed by atoms with Gasteiger partial charge in [-0.05, 0) is 42.2 Å². The third-order valence-electron chi connectivity index (χ3n) is 7.02. The molecule has 0 aliphatic heterocycles. The topological polar surface area (TPSA) is 57.2 Å². The van der Waals surface area contributed by atoms with E-state index in [9.17, 15) is 13.0 Å². The Bertz CT molecular complexity index is 940. The van der Waals surface area contributed by atoms with E-state index < -0.39 is 10.1 Å². The maximum Gasteiger partial charge on any atom is 1.00 e. The average Bonchev–Trinajstić information content (AvgIpc) is 2.81. The maximum absolute atomic E-state index is 12.4. The minimum absolute atomic E-state index is 0. The largest absolute Gasteiger partial charge is 1.00 e. The van der Waals surface area contributed by atoms with Crippen LogP contribution in [0.3, 0.4) is 0 Å². The molecule has 0 unspecified atom stereocenters. The third-order valence-corrected chi connectivity index (χ3v) is 7.98. The molecule has 0 radical (unpaired) electrons. The normalized spacial score (nSPS) is 11.6. The van der Waals surface area contributed by atoms with Crippen LogP contribution in [0.1, 0.15) is 128 Å². The second kappa shape index (κ2) is 19.3. The summed E-state index contributed by atoms with van der Waals surface area (Å²) in [4.78, 5) is 0.0445. The molecule has 0 aromatic heterocycles. The predicted octanol–water partition coefficient (Wildman–Crippen LogP) is 6.11. The van der Waals surface area contributed by atoms with Crippen molar-refractivity contribution in [2.24, 2.45) is 0 Å². The van der Waals surface area contributed by atoms with Gasteiger partial charge in [-0.15, -0.1) is 0 Å². The Morgan fingerprint density at radius 1 is 0.600 bits per heavy atom. The minimum Gasteiger partial charge on any atom is -0.744 e. The average molecular weight is 527 g/mol. The van der Waals surface area contributed by atoms with E-state index in [1.54, 1.807) is 0 Å². The van der Waals surface area contributed by atoms with Gasteiger partial charge in [-0.3, -0.25) is 0 Å². The second-order valence-corrected chi connectivity index (χ2v) is 11.3. The molecular formula is C30H47KO3S. The number of aryl methyl sites for hydroxylation is 2. The van der Waals surface area contributed by atoms with Crippen molar-refractivity contribution in [2.45, 2.75) is 134 Å². The van der Waals surface area contributed by atoms with Gasteiger partial charge in [-0.2, -0.15) is 0 Å². The predicted molar refractivity (Wildman–Crippen MR) is 145 cm³/mol. The van der Waals surface area contributed by atoms with Crippen LogP contribution in [0, 0.1) is 0 Å². The Kier molecular flexibility index (Phi) is 18.4. The van der Waals surface area contributed by atoms with Gasteiger partial charge in [0, 0.05) is 5.39 Å². The third kappa shape index (κ3) is 12.6. The van der Waals surface area contributed by atoms with Gasteiger partial charge in [-0.25, -0.2) is 8.42 Å². The molecule has 192 valence electrons. The molecule has 0 bridgehead atoms. The molecule has 0 fully saturated rings. The van der Waals surface area contributed by atoms with Gasteiger partial charge in [0.05, 0.1) is 4.90 Å². The molecule has 0 aliphatic carbocycles. The van der Waals surface area contributed by atoms with Crippen LogP contribution in [0.4, 0.5) is 0 Å². The molecule has 0 saturated carbocycles. The molecule has 3 nitrogen and oxygen atoms in total. The van der Waals surface area contributed by atoms with E-state index in [4.69, 9.17) is 0 Å². The van der Waals surface area contributed by atoms with Crippen LogP contribution in [0.5, 0.6) is 0 Å². The smallest absolute Gasteiger partial charge is 0.744 e. The molecule has 2 rings (SSSR count). The number of hydrogen-bond donors (Lipinski definition) is 0. The molecule has 0 spiro atoms. The molecule has 2 aromatic carbocycles. The molecule has 0 N–H and O–H groups in total. The van der Waals surface area contributed by atoms with Gasteiger partial charge in [0.1, 0.15) is 10.1 Å². The van der Waals surface area contributed by atoms with E-state index in [0.717, 1.165) is 43.1 Å². The SMILES string of the molecule is CCCCCCCCCCc1ccc2cccc(CCCCCCCCCC)c2c1S(=O)(=O)[O-].[K+]. The number of hydrogen-bond acceptors (Lipinski definition) is 3. The molecule has 5 heteroatoms. The van der Waals surface area contributed by atoms with Crippen molar-refractivity contribution in [1.82, 2.24) is 0 Å². The number of unbranched alkanes of at least 4 members (excludes halogenated alkanes) is 14. The summed E-state index contributed by atoms with van der Waals surface area (Å²) >= 11 is 0. The monoisotopic (exact) mass is 526 g/mol. The summed E-state index contributed by atoms with van der Waals surface area (Å²) in [5.74, 6) is 0. The van der Waals surface area contributed by atoms with Crippen molar-refractivity contribution in [3.8, 4) is 0 Å². The van der Waals surface area contributed by atoms with Crippen molar-refractivity contribution < 1.29 is 64.4 Å². The van der Waals surface area contributed by atoms with Gasteiger partial charge in [0.25, 0.3) is 0 Å². The van der Waals surface area contributed by atoms with Crippen LogP contribution in [-0.2, 0) is 23.0 Å². The summed E-state index contributed by atoms with van der Waals surface area (Å²) in [7, 11) is -4.54. The van der Waals surface area contributed by atoms with Crippen molar-refractivity contribution in [1.29, 1.82) is 0 Å². The van der Waals surface area contributed by atoms with Gasteiger partial charge < -0.3 is 4.55 Å². The fourth-order valence-corrected chi connectivity index (χ4v) is 6.04. The van der Waals surface area contributed by atoms with Crippen molar-refractivity contribution in [2.75, 3.05) is 0 Å². The van der Waals surface area contributed by atoms with Gasteiger partial charge in [-0.1, -0.05) is 134 Å². The van der Waals surface area contributed by atoms with Crippen molar-refractivity contribution in [3.63, 3.8) is 0 Å². The van der Waals surface area contributed by atoms with E-state index in [1.165, 1.54) is 77.0 Å². The summed E-state index contributed by atoms with van der Waals surface area (Å²) in [6.07, 6.45) is 21.0. The summed E-state index contributed by atoms with van der Waals surface area (Å²) in [6.45, 7) is 4.47. The number of rotatable bonds is 19. The van der Waals surface area contributed by atoms with Crippen LogP contribution in [-0.4, -0.2) is 13.0 Å². The molecule has 0 saturated heterocycles. The first kappa shape index (κ1) is 33.3. The minimum atomic E-state index is -4.54. The summed E-state index contributed by atoms with van der Waals surface area (Å²) in [5, 5.41) is 1.55. The maximum atomic E-state index is 12.4. The molecule has 0 atom stereocenters. The van der Waals surface area contributed by atoms with E-state index in [-0.39, 0.29) is 56.3 Å². The van der Waals surface area contributed by atoms with Crippen LogP contribution in [0.15, 0.2) is 35.2 Å². The summed E-state index contributed by atoms with van der Waals surface area (Å²) in [6, 6.07) is 9.80. The van der Waals surface area contributed by atoms with Crippen LogP contribution < -0.4 is 51.4 Å². The number of benzene rings is 2. The molecule has 0 aliphatic rings. The first-order valence-electron chi connectivity index (χ1n) is 14.0. The van der Waals surface area contributed by atoms with E-state index >= 15 is 0 Å². The molecule has 0 heterocycles. The molecule has 0 amide bonds. The van der Waals surface area contributed by atoms with Crippen LogP contribution >= 0.6 is 0 Å². The van der Waals surface area contributed by atoms with Gasteiger partial charge >= 0.3 is 51.4 Å². The fraction of sp³-hybridized carbons (Fsp3) is 0.667. The van der Waals surface area contributed by atoms with Gasteiger partial charge in [0.2, 0.25) is 0 Å². The van der Waals surface area contributed by atoms with Gasteiger partial charge in [0.15, 0.2) is 0 Å². The Balaban J connectivity index is 0.00000612. The Hall–Kier alpha value is 0.246. The summed E-state index contributed by atoms with van der Waals surface area (Å²) < 4.78 is 37.2. The van der Waals surface area contributed by atoms with Crippen LogP contribution in [0.25, 0.3) is 10.8 Å². The quantitative estimate of drug-likeness (QED) is 0.126. The summed E-state index contributed by atoms with van der Waals surface area (Å²) in [5.41, 5.74) is 1.72. The van der Waals surface area contributed by atoms with E-state index in [2.05, 4.69) is 13.8 Å². The van der Waals surface area contributed by atoms with Crippen molar-refractivity contribution >= 4 is 20.9 Å². The fourth-order valence-electron chi connectivity index (χ4n) is 5.05. The zero-order valence-electron chi connectivity index (χ0n) is 22.7. The second-order valence-electron chi connectivity index (χ2n) is 9.97. The van der Waals surface area contributed by atoms with E-state index in [0.29, 0.717) is 17.4 Å². The molecule has 35 heavy (non-hydrogen) atoms. The van der Waals surface area contributed by atoms with E-state index in [1.807, 2.05) is 30.3 Å².